The van der Waals surface area contributed by atoms with E-state index >= 15 is 0 Å². The maximum atomic E-state index is 13.0. The molecule has 1 heterocycles. The monoisotopic (exact) mass is 564 g/mol. The van der Waals surface area contributed by atoms with Gasteiger partial charge in [-0.25, -0.2) is 14.8 Å². The number of alkyl carbamates (subject to hydrolysis) is 1. The van der Waals surface area contributed by atoms with Gasteiger partial charge < -0.3 is 15.2 Å². The second kappa shape index (κ2) is 13.5. The van der Waals surface area contributed by atoms with E-state index in [-0.39, 0.29) is 12.5 Å². The van der Waals surface area contributed by atoms with Crippen LogP contribution in [0, 0.1) is 5.41 Å². The number of hydrogen-bond acceptors (Lipinski definition) is 5. The third kappa shape index (κ3) is 8.46. The summed E-state index contributed by atoms with van der Waals surface area (Å²) in [6, 6.07) is 23.4. The smallest absolute Gasteiger partial charge is 0.407 e. The Hall–Kier alpha value is -3.07. The van der Waals surface area contributed by atoms with E-state index in [2.05, 4.69) is 41.1 Å². The predicted octanol–water partition coefficient (Wildman–Crippen LogP) is 5.67. The molecule has 4 rings (SSSR count). The molecule has 0 spiro atoms. The number of aliphatic hydroxyl groups excluding tert-OH is 1. The Morgan fingerprint density at radius 1 is 0.950 bits per heavy atom. The number of quaternary nitrogens is 1. The molecule has 40 heavy (non-hydrogen) atoms. The fraction of sp³-hybridized carbons (Fsp3) is 0.438. The maximum absolute atomic E-state index is 13.0. The molecule has 1 saturated heterocycles. The lowest BCUT2D eigenvalue weighted by Gasteiger charge is -2.43. The molecule has 8 heteroatoms. The molecular formula is C32H42N3O4S+. The van der Waals surface area contributed by atoms with Gasteiger partial charge in [0.05, 0.1) is 6.04 Å². The zero-order valence-electron chi connectivity index (χ0n) is 23.8. The summed E-state index contributed by atoms with van der Waals surface area (Å²) in [4.78, 5) is 26.9. The van der Waals surface area contributed by atoms with Crippen LogP contribution in [-0.2, 0) is 16.1 Å². The van der Waals surface area contributed by atoms with Crippen LogP contribution < -0.4 is 10.7 Å². The number of thioether (sulfide) groups is 1. The van der Waals surface area contributed by atoms with Crippen molar-refractivity contribution < 1.29 is 24.0 Å². The molecule has 2 amide bonds. The molecule has 3 aromatic rings. The molecule has 3 N–H and O–H groups in total. The van der Waals surface area contributed by atoms with Crippen molar-refractivity contribution in [2.45, 2.75) is 63.7 Å². The van der Waals surface area contributed by atoms with Crippen LogP contribution in [-0.4, -0.2) is 59.2 Å². The van der Waals surface area contributed by atoms with Crippen LogP contribution in [0.25, 0.3) is 10.8 Å². The molecule has 2 atom stereocenters. The Balaban J connectivity index is 1.48. The van der Waals surface area contributed by atoms with Gasteiger partial charge in [0.2, 0.25) is 0 Å². The molecule has 3 aromatic carbocycles. The topological polar surface area (TPSA) is 87.7 Å². The lowest BCUT2D eigenvalue weighted by atomic mass is 9.96. The number of fused-ring (bicyclic) bond motifs is 1. The summed E-state index contributed by atoms with van der Waals surface area (Å²) < 4.78 is 5.81. The zero-order valence-corrected chi connectivity index (χ0v) is 24.6. The second-order valence-electron chi connectivity index (χ2n) is 11.7. The average Bonchev–Trinajstić information content (AvgIpc) is 2.94. The quantitative estimate of drug-likeness (QED) is 0.218. The lowest BCUT2D eigenvalue weighted by Crippen LogP contribution is -2.68. The molecule has 1 fully saturated rings. The summed E-state index contributed by atoms with van der Waals surface area (Å²) in [5, 5.41) is 16.8. The van der Waals surface area contributed by atoms with Gasteiger partial charge in [0.15, 0.2) is 0 Å². The van der Waals surface area contributed by atoms with Crippen LogP contribution in [0.5, 0.6) is 0 Å². The average molecular weight is 565 g/mol. The molecule has 1 aliphatic heterocycles. The maximum Gasteiger partial charge on any atom is 0.407 e. The summed E-state index contributed by atoms with van der Waals surface area (Å²) in [5.41, 5.74) is 3.59. The molecule has 0 aliphatic carbocycles. The van der Waals surface area contributed by atoms with Crippen molar-refractivity contribution in [2.75, 3.05) is 25.4 Å². The van der Waals surface area contributed by atoms with Crippen LogP contribution in [0.3, 0.4) is 0 Å². The summed E-state index contributed by atoms with van der Waals surface area (Å²) in [5.74, 6) is 0.409. The van der Waals surface area contributed by atoms with E-state index in [4.69, 9.17) is 4.74 Å². The van der Waals surface area contributed by atoms with Crippen molar-refractivity contribution in [1.82, 2.24) is 10.7 Å². The zero-order chi connectivity index (χ0) is 28.6. The molecule has 0 saturated carbocycles. The van der Waals surface area contributed by atoms with Gasteiger partial charge in [-0.2, -0.15) is 0 Å². The number of aliphatic hydroxyl groups is 1. The van der Waals surface area contributed by atoms with Gasteiger partial charge in [0.1, 0.15) is 32.3 Å². The highest BCUT2D eigenvalue weighted by Gasteiger charge is 2.40. The number of ether oxygens (including phenoxy) is 1. The van der Waals surface area contributed by atoms with Crippen LogP contribution >= 0.6 is 11.8 Å². The fourth-order valence-electron chi connectivity index (χ4n) is 4.93. The van der Waals surface area contributed by atoms with Gasteiger partial charge in [-0.3, -0.25) is 4.79 Å². The number of amides is 2. The van der Waals surface area contributed by atoms with Gasteiger partial charge in [0.25, 0.3) is 5.91 Å². The predicted molar refractivity (Wildman–Crippen MR) is 161 cm³/mol. The van der Waals surface area contributed by atoms with Crippen molar-refractivity contribution >= 4 is 34.5 Å². The number of benzene rings is 3. The van der Waals surface area contributed by atoms with E-state index in [1.54, 1.807) is 11.8 Å². The normalized spacial score (nSPS) is 16.6. The van der Waals surface area contributed by atoms with E-state index in [1.165, 1.54) is 0 Å². The first kappa shape index (κ1) is 29.9. The van der Waals surface area contributed by atoms with E-state index in [0.717, 1.165) is 53.6 Å². The van der Waals surface area contributed by atoms with Crippen LogP contribution in [0.1, 0.15) is 45.6 Å². The van der Waals surface area contributed by atoms with E-state index in [0.29, 0.717) is 16.9 Å². The Kier molecular flexibility index (Phi) is 10.1. The SMILES string of the molecule is CC(C)(C)C(=O)N[N+]1(C[C@H](O)[C@@H](CSc2ccc3ccccc3c2)NC(=O)OCc2ccccc2)CCCCC1. The molecule has 0 unspecified atom stereocenters. The molecule has 214 valence electrons. The summed E-state index contributed by atoms with van der Waals surface area (Å²) in [6.45, 7) is 7.65. The fourth-order valence-corrected chi connectivity index (χ4v) is 5.99. The van der Waals surface area contributed by atoms with Crippen LogP contribution in [0.2, 0.25) is 0 Å². The van der Waals surface area contributed by atoms with Crippen molar-refractivity contribution in [3.8, 4) is 0 Å². The summed E-state index contributed by atoms with van der Waals surface area (Å²) >= 11 is 1.58. The Labute approximate surface area is 241 Å². The summed E-state index contributed by atoms with van der Waals surface area (Å²) in [6.07, 6.45) is 1.58. The largest absolute Gasteiger partial charge is 0.445 e. The first-order valence-electron chi connectivity index (χ1n) is 14.1. The van der Waals surface area contributed by atoms with E-state index < -0.39 is 23.7 Å². The Morgan fingerprint density at radius 2 is 1.62 bits per heavy atom. The minimum absolute atomic E-state index is 0.0427. The third-order valence-corrected chi connectivity index (χ3v) is 8.47. The first-order valence-corrected chi connectivity index (χ1v) is 15.1. The first-order chi connectivity index (χ1) is 19.1. The van der Waals surface area contributed by atoms with Gasteiger partial charge in [-0.05, 0) is 47.7 Å². The molecule has 1 aliphatic rings. The number of piperidine rings is 1. The molecular weight excluding hydrogens is 522 g/mol. The van der Waals surface area contributed by atoms with Gasteiger partial charge in [0, 0.05) is 16.1 Å². The number of carbonyl (C=O) groups excluding carboxylic acids is 2. The number of carbonyl (C=O) groups is 2. The Morgan fingerprint density at radius 3 is 2.33 bits per heavy atom. The van der Waals surface area contributed by atoms with Gasteiger partial charge >= 0.3 is 6.09 Å². The molecule has 7 nitrogen and oxygen atoms in total. The number of nitrogens with zero attached hydrogens (tertiary/aromatic N) is 1. The Bertz CT molecular complexity index is 1270. The van der Waals surface area contributed by atoms with Crippen molar-refractivity contribution in [3.63, 3.8) is 0 Å². The standard InChI is InChI=1S/C32H41N3O4S/c1-32(2,3)30(37)34-35(18-10-5-11-19-35)21-29(36)28(33-31(38)39-22-24-12-6-4-7-13-24)23-40-27-17-16-25-14-8-9-15-26(25)20-27/h4,6-9,12-17,20,28-29,36H,5,10-11,18-19,21-23H2,1-3H3,(H-,33,34,37,38)/p+1/t28-,29+/m1/s1. The third-order valence-electron chi connectivity index (χ3n) is 7.36. The molecule has 0 radical (unpaired) electrons. The highest BCUT2D eigenvalue weighted by molar-refractivity contribution is 7.99. The molecule has 0 aromatic heterocycles. The summed E-state index contributed by atoms with van der Waals surface area (Å²) in [7, 11) is 0. The highest BCUT2D eigenvalue weighted by atomic mass is 32.2. The van der Waals surface area contributed by atoms with E-state index in [9.17, 15) is 14.7 Å². The van der Waals surface area contributed by atoms with Crippen molar-refractivity contribution in [2.24, 2.45) is 5.41 Å². The van der Waals surface area contributed by atoms with Gasteiger partial charge in [-0.15, -0.1) is 11.8 Å². The highest BCUT2D eigenvalue weighted by Crippen LogP contribution is 2.26. The number of rotatable bonds is 10. The number of hydrogen-bond donors (Lipinski definition) is 3. The number of likely N-dealkylation sites (tertiary alicyclic amines) is 1. The number of nitrogens with one attached hydrogen (secondary N) is 2. The minimum Gasteiger partial charge on any atom is -0.445 e. The van der Waals surface area contributed by atoms with Crippen LogP contribution in [0.4, 0.5) is 4.79 Å². The minimum atomic E-state index is -0.893. The second-order valence-corrected chi connectivity index (χ2v) is 12.8. The van der Waals surface area contributed by atoms with Gasteiger partial charge in [-0.1, -0.05) is 81.4 Å². The van der Waals surface area contributed by atoms with Crippen LogP contribution in [0.15, 0.2) is 77.7 Å². The lowest BCUT2D eigenvalue weighted by molar-refractivity contribution is -0.968. The van der Waals surface area contributed by atoms with Crippen molar-refractivity contribution in [3.05, 3.63) is 78.4 Å². The molecule has 0 bridgehead atoms. The van der Waals surface area contributed by atoms with E-state index in [1.807, 2.05) is 63.2 Å². The van der Waals surface area contributed by atoms with Crippen molar-refractivity contribution in [1.29, 1.82) is 0 Å².